The molecule has 6 nitrogen and oxygen atoms in total. The lowest BCUT2D eigenvalue weighted by atomic mass is 9.91. The first kappa shape index (κ1) is 20.5. The molecular weight excluding hydrogens is 412 g/mol. The van der Waals surface area contributed by atoms with Crippen molar-refractivity contribution in [2.75, 3.05) is 31.1 Å². The van der Waals surface area contributed by atoms with Gasteiger partial charge in [-0.15, -0.1) is 0 Å². The largest absolute Gasteiger partial charge is 0.422 e. The second-order valence-corrected chi connectivity index (χ2v) is 9.68. The first-order chi connectivity index (χ1) is 16.0. The second kappa shape index (κ2) is 8.03. The molecule has 0 bridgehead atoms. The van der Waals surface area contributed by atoms with Gasteiger partial charge < -0.3 is 14.2 Å². The predicted octanol–water partition coefficient (Wildman–Crippen LogP) is 4.59. The van der Waals surface area contributed by atoms with E-state index in [4.69, 9.17) is 4.42 Å². The molecular formula is C27H30N4O2. The van der Waals surface area contributed by atoms with E-state index in [2.05, 4.69) is 39.9 Å². The minimum absolute atomic E-state index is 0.0982. The van der Waals surface area contributed by atoms with Gasteiger partial charge in [0.2, 0.25) is 0 Å². The average molecular weight is 443 g/mol. The van der Waals surface area contributed by atoms with E-state index < -0.39 is 0 Å². The number of nitrogens with zero attached hydrogens (tertiary/aromatic N) is 4. The number of aliphatic imine (C=N–C) groups is 1. The summed E-state index contributed by atoms with van der Waals surface area (Å²) in [7, 11) is 0. The maximum absolute atomic E-state index is 13.0. The van der Waals surface area contributed by atoms with Crippen molar-refractivity contribution in [3.8, 4) is 0 Å². The molecule has 1 aliphatic carbocycles. The number of anilines is 1. The number of benzene rings is 1. The molecule has 6 heteroatoms. The summed E-state index contributed by atoms with van der Waals surface area (Å²) >= 11 is 0. The molecule has 1 aromatic carbocycles. The lowest BCUT2D eigenvalue weighted by molar-refractivity contribution is 0.120. The number of piperazine rings is 1. The van der Waals surface area contributed by atoms with Crippen LogP contribution in [-0.4, -0.2) is 48.2 Å². The maximum Gasteiger partial charge on any atom is 0.343 e. The van der Waals surface area contributed by atoms with Crippen molar-refractivity contribution in [2.45, 2.75) is 39.2 Å². The van der Waals surface area contributed by atoms with Crippen molar-refractivity contribution in [3.63, 3.8) is 0 Å². The highest BCUT2D eigenvalue weighted by molar-refractivity contribution is 5.87. The summed E-state index contributed by atoms with van der Waals surface area (Å²) in [6, 6.07) is 9.06. The van der Waals surface area contributed by atoms with Crippen molar-refractivity contribution in [1.82, 2.24) is 9.80 Å². The normalized spacial score (nSPS) is 23.7. The summed E-state index contributed by atoms with van der Waals surface area (Å²) in [5.74, 6) is 0.0982. The summed E-state index contributed by atoms with van der Waals surface area (Å²) in [6.45, 7) is 8.34. The zero-order valence-corrected chi connectivity index (χ0v) is 19.3. The summed E-state index contributed by atoms with van der Waals surface area (Å²) in [4.78, 5) is 24.5. The SMILES string of the molecule is CC1=CN2C=C(c3cc4ccc(N5CCN(C6CCC6)CC5)cc4oc3=O)C(C)C=C2C=N1. The monoisotopic (exact) mass is 442 g/mol. The Morgan fingerprint density at radius 1 is 1.06 bits per heavy atom. The molecule has 4 heterocycles. The third-order valence-electron chi connectivity index (χ3n) is 7.52. The quantitative estimate of drug-likeness (QED) is 0.651. The van der Waals surface area contributed by atoms with E-state index in [0.717, 1.165) is 60.3 Å². The van der Waals surface area contributed by atoms with Crippen LogP contribution in [0.15, 0.2) is 68.3 Å². The highest BCUT2D eigenvalue weighted by Gasteiger charge is 2.28. The third kappa shape index (κ3) is 3.72. The first-order valence-corrected chi connectivity index (χ1v) is 12.1. The van der Waals surface area contributed by atoms with Gasteiger partial charge in [0.25, 0.3) is 0 Å². The Morgan fingerprint density at radius 2 is 1.88 bits per heavy atom. The molecule has 2 fully saturated rings. The molecule has 1 atom stereocenters. The number of hydrogen-bond donors (Lipinski definition) is 0. The van der Waals surface area contributed by atoms with Gasteiger partial charge in [-0.25, -0.2) is 4.79 Å². The van der Waals surface area contributed by atoms with E-state index in [-0.39, 0.29) is 11.5 Å². The number of allylic oxidation sites excluding steroid dienone is 4. The molecule has 0 amide bonds. The van der Waals surface area contributed by atoms with Crippen LogP contribution in [0.3, 0.4) is 0 Å². The van der Waals surface area contributed by atoms with Gasteiger partial charge in [-0.1, -0.05) is 19.4 Å². The molecule has 170 valence electrons. The lowest BCUT2D eigenvalue weighted by Crippen LogP contribution is -2.52. The number of hydrogen-bond acceptors (Lipinski definition) is 6. The van der Waals surface area contributed by atoms with Gasteiger partial charge in [0.05, 0.1) is 23.2 Å². The number of rotatable bonds is 3. The van der Waals surface area contributed by atoms with Crippen molar-refractivity contribution >= 4 is 28.4 Å². The summed E-state index contributed by atoms with van der Waals surface area (Å²) in [6.07, 6.45) is 12.1. The van der Waals surface area contributed by atoms with E-state index >= 15 is 0 Å². The van der Waals surface area contributed by atoms with E-state index in [1.165, 1.54) is 19.3 Å². The minimum atomic E-state index is -0.282. The van der Waals surface area contributed by atoms with Crippen LogP contribution in [-0.2, 0) is 0 Å². The van der Waals surface area contributed by atoms with Gasteiger partial charge in [0.1, 0.15) is 5.58 Å². The van der Waals surface area contributed by atoms with Crippen LogP contribution in [0.2, 0.25) is 0 Å². The highest BCUT2D eigenvalue weighted by Crippen LogP contribution is 2.33. The maximum atomic E-state index is 13.0. The van der Waals surface area contributed by atoms with Crippen molar-refractivity contribution in [1.29, 1.82) is 0 Å². The minimum Gasteiger partial charge on any atom is -0.422 e. The van der Waals surface area contributed by atoms with Crippen LogP contribution >= 0.6 is 0 Å². The highest BCUT2D eigenvalue weighted by atomic mass is 16.4. The van der Waals surface area contributed by atoms with Gasteiger partial charge in [-0.05, 0) is 43.5 Å². The molecule has 1 unspecified atom stereocenters. The number of fused-ring (bicyclic) bond motifs is 2. The van der Waals surface area contributed by atoms with E-state index in [0.29, 0.717) is 11.1 Å². The smallest absolute Gasteiger partial charge is 0.343 e. The summed E-state index contributed by atoms with van der Waals surface area (Å²) in [5.41, 5.74) is 5.07. The fourth-order valence-corrected chi connectivity index (χ4v) is 5.31. The Balaban J connectivity index is 1.27. The van der Waals surface area contributed by atoms with E-state index in [9.17, 15) is 4.79 Å². The second-order valence-electron chi connectivity index (χ2n) is 9.68. The van der Waals surface area contributed by atoms with Crippen LogP contribution < -0.4 is 10.5 Å². The topological polar surface area (TPSA) is 52.3 Å². The molecule has 33 heavy (non-hydrogen) atoms. The van der Waals surface area contributed by atoms with Crippen LogP contribution in [0.4, 0.5) is 5.69 Å². The van der Waals surface area contributed by atoms with Crippen LogP contribution in [0, 0.1) is 5.92 Å². The van der Waals surface area contributed by atoms with Crippen LogP contribution in [0.1, 0.15) is 38.7 Å². The zero-order valence-electron chi connectivity index (χ0n) is 19.3. The first-order valence-electron chi connectivity index (χ1n) is 12.1. The Morgan fingerprint density at radius 3 is 2.64 bits per heavy atom. The Hall–Kier alpha value is -3.12. The lowest BCUT2D eigenvalue weighted by Gasteiger charge is -2.43. The molecule has 6 rings (SSSR count). The molecule has 3 aliphatic heterocycles. The molecule has 0 radical (unpaired) electrons. The molecule has 4 aliphatic rings. The predicted molar refractivity (Wildman–Crippen MR) is 133 cm³/mol. The van der Waals surface area contributed by atoms with Crippen molar-refractivity contribution in [2.24, 2.45) is 10.9 Å². The third-order valence-corrected chi connectivity index (χ3v) is 7.52. The van der Waals surface area contributed by atoms with Gasteiger partial charge in [-0.3, -0.25) is 9.89 Å². The van der Waals surface area contributed by atoms with E-state index in [1.807, 2.05) is 42.6 Å². The fourth-order valence-electron chi connectivity index (χ4n) is 5.31. The molecule has 0 N–H and O–H groups in total. The average Bonchev–Trinajstić information content (AvgIpc) is 2.78. The molecule has 0 spiro atoms. The standard InChI is InChI=1S/C27H30N4O2/c1-18-12-23-15-28-19(2)16-31(23)17-25(18)24-13-20-6-7-22(14-26(20)33-27(24)32)30-10-8-29(9-11-30)21-4-3-5-21/h6-7,12-18,21H,3-5,8-11H2,1-2H3. The van der Waals surface area contributed by atoms with Crippen molar-refractivity contribution in [3.05, 3.63) is 70.1 Å². The molecule has 1 saturated carbocycles. The Bertz CT molecular complexity index is 1270. The zero-order chi connectivity index (χ0) is 22.5. The van der Waals surface area contributed by atoms with Crippen molar-refractivity contribution < 1.29 is 4.42 Å². The van der Waals surface area contributed by atoms with Crippen LogP contribution in [0.5, 0.6) is 0 Å². The molecule has 2 aromatic rings. The van der Waals surface area contributed by atoms with Crippen LogP contribution in [0.25, 0.3) is 16.5 Å². The van der Waals surface area contributed by atoms with Gasteiger partial charge in [-0.2, -0.15) is 0 Å². The molecule has 1 saturated heterocycles. The van der Waals surface area contributed by atoms with Gasteiger partial charge in [0, 0.05) is 67.7 Å². The summed E-state index contributed by atoms with van der Waals surface area (Å²) < 4.78 is 5.85. The fraction of sp³-hybridized carbons (Fsp3) is 0.407. The van der Waals surface area contributed by atoms with E-state index in [1.54, 1.807) is 0 Å². The van der Waals surface area contributed by atoms with Gasteiger partial charge >= 0.3 is 5.63 Å². The Kier molecular flexibility index (Phi) is 4.98. The van der Waals surface area contributed by atoms with Gasteiger partial charge in [0.15, 0.2) is 0 Å². The Labute approximate surface area is 194 Å². The summed E-state index contributed by atoms with van der Waals surface area (Å²) in [5, 5.41) is 0.955. The molecule has 1 aromatic heterocycles.